The Morgan fingerprint density at radius 1 is 1.11 bits per heavy atom. The van der Waals surface area contributed by atoms with Gasteiger partial charge in [-0.05, 0) is 62.7 Å². The lowest BCUT2D eigenvalue weighted by molar-refractivity contribution is 0.0757. The predicted molar refractivity (Wildman–Crippen MR) is 107 cm³/mol. The number of aryl methyl sites for hydroxylation is 1. The van der Waals surface area contributed by atoms with Crippen LogP contribution in [-0.2, 0) is 0 Å². The summed E-state index contributed by atoms with van der Waals surface area (Å²) in [6.07, 6.45) is 3.98. The molecule has 2 saturated heterocycles. The number of benzene rings is 1. The molecule has 0 aliphatic carbocycles. The molecule has 144 valence electrons. The lowest BCUT2D eigenvalue weighted by atomic mass is 9.92. The quantitative estimate of drug-likeness (QED) is 0.906. The summed E-state index contributed by atoms with van der Waals surface area (Å²) in [6, 6.07) is 8.32. The molecule has 1 aromatic carbocycles. The maximum atomic E-state index is 13.4. The molecule has 1 amide bonds. The molecule has 1 N–H and O–H groups in total. The lowest BCUT2D eigenvalue weighted by Gasteiger charge is -2.22. The van der Waals surface area contributed by atoms with Crippen molar-refractivity contribution in [3.63, 3.8) is 0 Å². The Hall–Kier alpha value is -2.14. The minimum Gasteiger partial charge on any atom is -0.339 e. The molecular formula is C22H30N4O. The van der Waals surface area contributed by atoms with Gasteiger partial charge in [0.2, 0.25) is 0 Å². The molecular weight excluding hydrogens is 336 g/mol. The highest BCUT2D eigenvalue weighted by atomic mass is 16.2. The van der Waals surface area contributed by atoms with Crippen LogP contribution in [-0.4, -0.2) is 46.8 Å². The first-order valence-electron chi connectivity index (χ1n) is 10.2. The number of carbonyl (C=O) groups excluding carboxylic acids is 1. The minimum absolute atomic E-state index is 0.144. The van der Waals surface area contributed by atoms with Crippen molar-refractivity contribution < 1.29 is 4.79 Å². The highest BCUT2D eigenvalue weighted by Crippen LogP contribution is 2.29. The largest absolute Gasteiger partial charge is 0.339 e. The second-order valence-electron chi connectivity index (χ2n) is 8.39. The van der Waals surface area contributed by atoms with Crippen molar-refractivity contribution in [2.75, 3.05) is 26.2 Å². The van der Waals surface area contributed by atoms with Crippen molar-refractivity contribution in [2.45, 2.75) is 39.5 Å². The molecule has 2 aromatic rings. The fraction of sp³-hybridized carbons (Fsp3) is 0.545. The third-order valence-electron chi connectivity index (χ3n) is 6.17. The van der Waals surface area contributed by atoms with Crippen molar-refractivity contribution in [1.29, 1.82) is 0 Å². The summed E-state index contributed by atoms with van der Waals surface area (Å²) < 4.78 is 1.94. The number of rotatable bonds is 3. The first kappa shape index (κ1) is 18.2. The molecule has 2 atom stereocenters. The number of fused-ring (bicyclic) bond motifs is 1. The smallest absolute Gasteiger partial charge is 0.257 e. The molecule has 2 aliphatic rings. The number of aromatic nitrogens is 2. The van der Waals surface area contributed by atoms with Gasteiger partial charge in [0.1, 0.15) is 0 Å². The van der Waals surface area contributed by atoms with Crippen LogP contribution in [0.4, 0.5) is 0 Å². The van der Waals surface area contributed by atoms with Gasteiger partial charge >= 0.3 is 0 Å². The summed E-state index contributed by atoms with van der Waals surface area (Å²) in [5.74, 6) is 1.82. The van der Waals surface area contributed by atoms with Gasteiger partial charge < -0.3 is 10.2 Å². The Balaban J connectivity index is 1.61. The molecule has 0 spiro atoms. The Bertz CT molecular complexity index is 794. The van der Waals surface area contributed by atoms with Gasteiger partial charge in [0.05, 0.1) is 23.1 Å². The summed E-state index contributed by atoms with van der Waals surface area (Å²) in [6.45, 7) is 10.3. The summed E-state index contributed by atoms with van der Waals surface area (Å²) >= 11 is 0. The van der Waals surface area contributed by atoms with Crippen molar-refractivity contribution in [1.82, 2.24) is 20.0 Å². The predicted octanol–water partition coefficient (Wildman–Crippen LogP) is 3.38. The molecule has 4 rings (SSSR count). The number of nitrogens with zero attached hydrogens (tertiary/aromatic N) is 3. The van der Waals surface area contributed by atoms with E-state index in [1.807, 2.05) is 4.68 Å². The molecule has 0 saturated carbocycles. The van der Waals surface area contributed by atoms with Gasteiger partial charge in [0.25, 0.3) is 5.91 Å². The SMILES string of the molecule is Cc1ccc(-n2ncc(C(=O)N3CC[C@@H]4CNC[C@@H]4CC3)c2C(C)C)cc1. The third-order valence-corrected chi connectivity index (χ3v) is 6.17. The number of nitrogens with one attached hydrogen (secondary N) is 1. The molecule has 5 nitrogen and oxygen atoms in total. The number of hydrogen-bond acceptors (Lipinski definition) is 3. The molecule has 5 heteroatoms. The van der Waals surface area contributed by atoms with Gasteiger partial charge in [-0.1, -0.05) is 31.5 Å². The van der Waals surface area contributed by atoms with Gasteiger partial charge in [0, 0.05) is 13.1 Å². The van der Waals surface area contributed by atoms with E-state index in [-0.39, 0.29) is 11.8 Å². The molecule has 2 aliphatic heterocycles. The second-order valence-corrected chi connectivity index (χ2v) is 8.39. The minimum atomic E-state index is 0.144. The number of amides is 1. The summed E-state index contributed by atoms with van der Waals surface area (Å²) in [5, 5.41) is 8.09. The van der Waals surface area contributed by atoms with E-state index in [4.69, 9.17) is 0 Å². The average molecular weight is 367 g/mol. The summed E-state index contributed by atoms with van der Waals surface area (Å²) in [7, 11) is 0. The van der Waals surface area contributed by atoms with Crippen LogP contribution in [0.25, 0.3) is 5.69 Å². The highest BCUT2D eigenvalue weighted by molar-refractivity contribution is 5.95. The standard InChI is InChI=1S/C22H30N4O/c1-15(2)21-20(14-24-26(21)19-6-4-16(3)5-7-19)22(27)25-10-8-17-12-23-13-18(17)9-11-25/h4-7,14-15,17-18,23H,8-13H2,1-3H3/t17-,18+. The van der Waals surface area contributed by atoms with E-state index in [9.17, 15) is 4.79 Å². The van der Waals surface area contributed by atoms with Gasteiger partial charge in [-0.3, -0.25) is 4.79 Å². The normalized spacial score (nSPS) is 22.7. The summed E-state index contributed by atoms with van der Waals surface area (Å²) in [5.41, 5.74) is 4.00. The molecule has 2 fully saturated rings. The van der Waals surface area contributed by atoms with E-state index >= 15 is 0 Å². The van der Waals surface area contributed by atoms with E-state index in [2.05, 4.69) is 60.4 Å². The van der Waals surface area contributed by atoms with Crippen LogP contribution >= 0.6 is 0 Å². The fourth-order valence-corrected chi connectivity index (χ4v) is 4.56. The molecule has 0 bridgehead atoms. The van der Waals surface area contributed by atoms with Crippen LogP contribution in [0, 0.1) is 18.8 Å². The summed E-state index contributed by atoms with van der Waals surface area (Å²) in [4.78, 5) is 15.4. The van der Waals surface area contributed by atoms with Crippen LogP contribution in [0.2, 0.25) is 0 Å². The van der Waals surface area contributed by atoms with E-state index in [1.165, 1.54) is 5.56 Å². The van der Waals surface area contributed by atoms with Crippen molar-refractivity contribution >= 4 is 5.91 Å². The van der Waals surface area contributed by atoms with Gasteiger partial charge in [-0.25, -0.2) is 4.68 Å². The topological polar surface area (TPSA) is 50.2 Å². The van der Waals surface area contributed by atoms with Crippen LogP contribution in [0.15, 0.2) is 30.5 Å². The number of carbonyl (C=O) groups is 1. The Morgan fingerprint density at radius 2 is 1.74 bits per heavy atom. The third kappa shape index (κ3) is 3.53. The molecule has 0 radical (unpaired) electrons. The zero-order valence-corrected chi connectivity index (χ0v) is 16.6. The maximum Gasteiger partial charge on any atom is 0.257 e. The van der Waals surface area contributed by atoms with Gasteiger partial charge in [0.15, 0.2) is 0 Å². The number of likely N-dealkylation sites (tertiary alicyclic amines) is 1. The van der Waals surface area contributed by atoms with E-state index < -0.39 is 0 Å². The molecule has 0 unspecified atom stereocenters. The lowest BCUT2D eigenvalue weighted by Crippen LogP contribution is -2.33. The second kappa shape index (κ2) is 7.47. The van der Waals surface area contributed by atoms with E-state index in [0.717, 1.165) is 67.8 Å². The maximum absolute atomic E-state index is 13.4. The van der Waals surface area contributed by atoms with Crippen LogP contribution in [0.1, 0.15) is 54.2 Å². The van der Waals surface area contributed by atoms with E-state index in [1.54, 1.807) is 6.20 Å². The van der Waals surface area contributed by atoms with Crippen molar-refractivity contribution in [3.8, 4) is 5.69 Å². The van der Waals surface area contributed by atoms with Gasteiger partial charge in [-0.2, -0.15) is 5.10 Å². The first-order chi connectivity index (χ1) is 13.0. The average Bonchev–Trinajstić information content (AvgIpc) is 3.25. The fourth-order valence-electron chi connectivity index (χ4n) is 4.56. The zero-order chi connectivity index (χ0) is 19.0. The highest BCUT2D eigenvalue weighted by Gasteiger charge is 2.33. The van der Waals surface area contributed by atoms with Crippen LogP contribution < -0.4 is 5.32 Å². The molecule has 27 heavy (non-hydrogen) atoms. The van der Waals surface area contributed by atoms with Crippen LogP contribution in [0.3, 0.4) is 0 Å². The Morgan fingerprint density at radius 3 is 2.33 bits per heavy atom. The Labute approximate surface area is 161 Å². The first-order valence-corrected chi connectivity index (χ1v) is 10.2. The van der Waals surface area contributed by atoms with E-state index in [0.29, 0.717) is 0 Å². The molecule has 3 heterocycles. The van der Waals surface area contributed by atoms with Gasteiger partial charge in [-0.15, -0.1) is 0 Å². The van der Waals surface area contributed by atoms with Crippen LogP contribution in [0.5, 0.6) is 0 Å². The zero-order valence-electron chi connectivity index (χ0n) is 16.6. The number of hydrogen-bond donors (Lipinski definition) is 1. The van der Waals surface area contributed by atoms with Crippen molar-refractivity contribution in [3.05, 3.63) is 47.3 Å². The van der Waals surface area contributed by atoms with Crippen molar-refractivity contribution in [2.24, 2.45) is 11.8 Å². The monoisotopic (exact) mass is 366 g/mol. The molecule has 1 aromatic heterocycles. The Kier molecular flexibility index (Phi) is 5.04.